The van der Waals surface area contributed by atoms with Crippen LogP contribution in [0.25, 0.3) is 0 Å². The van der Waals surface area contributed by atoms with Gasteiger partial charge in [0.1, 0.15) is 0 Å². The van der Waals surface area contributed by atoms with E-state index in [0.29, 0.717) is 12.0 Å². The van der Waals surface area contributed by atoms with Crippen LogP contribution in [0.1, 0.15) is 33.6 Å². The Morgan fingerprint density at radius 1 is 1.19 bits per heavy atom. The molecule has 0 heterocycles. The first-order valence-corrected chi connectivity index (χ1v) is 5.81. The Hall–Kier alpha value is -0.870. The van der Waals surface area contributed by atoms with E-state index in [4.69, 9.17) is 10.2 Å². The van der Waals surface area contributed by atoms with Gasteiger partial charge in [-0.25, -0.2) is 4.79 Å². The molecule has 0 aromatic heterocycles. The standard InChI is InChI=1S/C12H23NO3/c1-4-13(5-2)8-6-11(7-9-14)10(3)12(15)16/h14H,4-9H2,1-3H3,(H,15,16). The number of aliphatic hydroxyl groups excluding tert-OH is 1. The second-order valence-electron chi connectivity index (χ2n) is 3.78. The Balaban J connectivity index is 4.45. The lowest BCUT2D eigenvalue weighted by Gasteiger charge is -2.19. The molecule has 0 aromatic carbocycles. The summed E-state index contributed by atoms with van der Waals surface area (Å²) in [6.45, 7) is 8.58. The Labute approximate surface area is 97.6 Å². The van der Waals surface area contributed by atoms with Crippen molar-refractivity contribution in [3.63, 3.8) is 0 Å². The smallest absolute Gasteiger partial charge is 0.331 e. The highest BCUT2D eigenvalue weighted by Crippen LogP contribution is 2.14. The first-order chi connectivity index (χ1) is 7.56. The van der Waals surface area contributed by atoms with Gasteiger partial charge in [-0.2, -0.15) is 0 Å². The van der Waals surface area contributed by atoms with E-state index in [2.05, 4.69) is 18.7 Å². The van der Waals surface area contributed by atoms with Crippen molar-refractivity contribution in [1.82, 2.24) is 4.90 Å². The highest BCUT2D eigenvalue weighted by Gasteiger charge is 2.10. The summed E-state index contributed by atoms with van der Waals surface area (Å²) in [5.74, 6) is -0.886. The lowest BCUT2D eigenvalue weighted by Crippen LogP contribution is -2.24. The molecule has 0 unspecified atom stereocenters. The summed E-state index contributed by atoms with van der Waals surface area (Å²) in [5, 5.41) is 17.8. The molecular weight excluding hydrogens is 206 g/mol. The van der Waals surface area contributed by atoms with Crippen LogP contribution in [0.5, 0.6) is 0 Å². The Morgan fingerprint density at radius 2 is 1.75 bits per heavy atom. The minimum Gasteiger partial charge on any atom is -0.478 e. The summed E-state index contributed by atoms with van der Waals surface area (Å²) in [5.41, 5.74) is 1.23. The summed E-state index contributed by atoms with van der Waals surface area (Å²) in [6, 6.07) is 0. The minimum absolute atomic E-state index is 0.0121. The van der Waals surface area contributed by atoms with Crippen molar-refractivity contribution in [2.45, 2.75) is 33.6 Å². The van der Waals surface area contributed by atoms with Crippen molar-refractivity contribution in [3.8, 4) is 0 Å². The minimum atomic E-state index is -0.886. The zero-order valence-electron chi connectivity index (χ0n) is 10.5. The molecule has 2 N–H and O–H groups in total. The second-order valence-corrected chi connectivity index (χ2v) is 3.78. The van der Waals surface area contributed by atoms with Gasteiger partial charge in [-0.3, -0.25) is 0 Å². The SMILES string of the molecule is CCN(CC)CCC(CCO)=C(C)C(=O)O. The Morgan fingerprint density at radius 3 is 2.12 bits per heavy atom. The molecule has 0 aliphatic carbocycles. The van der Waals surface area contributed by atoms with Crippen LogP contribution in [0.15, 0.2) is 11.1 Å². The average molecular weight is 229 g/mol. The second kappa shape index (κ2) is 8.30. The fourth-order valence-electron chi connectivity index (χ4n) is 1.62. The van der Waals surface area contributed by atoms with Gasteiger partial charge in [0.25, 0.3) is 0 Å². The lowest BCUT2D eigenvalue weighted by atomic mass is 10.0. The maximum atomic E-state index is 10.8. The third-order valence-electron chi connectivity index (χ3n) is 2.89. The van der Waals surface area contributed by atoms with Crippen molar-refractivity contribution in [2.24, 2.45) is 0 Å². The maximum Gasteiger partial charge on any atom is 0.331 e. The summed E-state index contributed by atoms with van der Waals surface area (Å²) in [7, 11) is 0. The molecule has 0 bridgehead atoms. The van der Waals surface area contributed by atoms with E-state index in [0.717, 1.165) is 31.6 Å². The molecule has 0 aliphatic heterocycles. The Kier molecular flexibility index (Phi) is 7.85. The van der Waals surface area contributed by atoms with Crippen LogP contribution in [0.4, 0.5) is 0 Å². The Bertz CT molecular complexity index is 245. The van der Waals surface area contributed by atoms with Crippen LogP contribution in [0.2, 0.25) is 0 Å². The third-order valence-corrected chi connectivity index (χ3v) is 2.89. The fourth-order valence-corrected chi connectivity index (χ4v) is 1.62. The van der Waals surface area contributed by atoms with Crippen molar-refractivity contribution in [2.75, 3.05) is 26.2 Å². The van der Waals surface area contributed by atoms with E-state index in [1.807, 2.05) is 0 Å². The molecule has 0 aliphatic rings. The lowest BCUT2D eigenvalue weighted by molar-refractivity contribution is -0.132. The van der Waals surface area contributed by atoms with Gasteiger partial charge in [-0.1, -0.05) is 19.4 Å². The highest BCUT2D eigenvalue weighted by atomic mass is 16.4. The number of rotatable bonds is 8. The van der Waals surface area contributed by atoms with E-state index in [1.54, 1.807) is 6.92 Å². The van der Waals surface area contributed by atoms with Crippen LogP contribution in [0.3, 0.4) is 0 Å². The molecular formula is C12H23NO3. The first-order valence-electron chi connectivity index (χ1n) is 5.81. The third kappa shape index (κ3) is 5.28. The van der Waals surface area contributed by atoms with Crippen molar-refractivity contribution >= 4 is 5.97 Å². The van der Waals surface area contributed by atoms with Gasteiger partial charge >= 0.3 is 5.97 Å². The van der Waals surface area contributed by atoms with E-state index < -0.39 is 5.97 Å². The van der Waals surface area contributed by atoms with E-state index in [9.17, 15) is 4.79 Å². The van der Waals surface area contributed by atoms with E-state index >= 15 is 0 Å². The van der Waals surface area contributed by atoms with Gasteiger partial charge in [-0.05, 0) is 32.9 Å². The van der Waals surface area contributed by atoms with Gasteiger partial charge in [0.05, 0.1) is 0 Å². The number of carbonyl (C=O) groups is 1. The monoisotopic (exact) mass is 229 g/mol. The van der Waals surface area contributed by atoms with Crippen molar-refractivity contribution in [1.29, 1.82) is 0 Å². The molecule has 0 rings (SSSR count). The highest BCUT2D eigenvalue weighted by molar-refractivity contribution is 5.86. The molecule has 0 saturated heterocycles. The summed E-state index contributed by atoms with van der Waals surface area (Å²) in [4.78, 5) is 13.1. The topological polar surface area (TPSA) is 60.8 Å². The predicted molar refractivity (Wildman–Crippen MR) is 64.4 cm³/mol. The summed E-state index contributed by atoms with van der Waals surface area (Å²) < 4.78 is 0. The van der Waals surface area contributed by atoms with Gasteiger partial charge in [0.2, 0.25) is 0 Å². The first kappa shape index (κ1) is 15.1. The molecule has 0 saturated carbocycles. The van der Waals surface area contributed by atoms with Crippen molar-refractivity contribution < 1.29 is 15.0 Å². The van der Waals surface area contributed by atoms with E-state index in [1.165, 1.54) is 0 Å². The molecule has 16 heavy (non-hydrogen) atoms. The number of hydrogen-bond donors (Lipinski definition) is 2. The summed E-state index contributed by atoms with van der Waals surface area (Å²) in [6.07, 6.45) is 1.18. The molecule has 0 spiro atoms. The average Bonchev–Trinajstić information content (AvgIpc) is 2.27. The molecule has 0 amide bonds. The number of carboxylic acids is 1. The molecule has 0 fully saturated rings. The fraction of sp³-hybridized carbons (Fsp3) is 0.750. The van der Waals surface area contributed by atoms with Crippen molar-refractivity contribution in [3.05, 3.63) is 11.1 Å². The number of nitrogens with zero attached hydrogens (tertiary/aromatic N) is 1. The molecule has 4 nitrogen and oxygen atoms in total. The number of carboxylic acid groups (broad SMARTS) is 1. The van der Waals surface area contributed by atoms with Gasteiger partial charge in [0.15, 0.2) is 0 Å². The van der Waals surface area contributed by atoms with Crippen LogP contribution in [-0.2, 0) is 4.79 Å². The molecule has 0 atom stereocenters. The van der Waals surface area contributed by atoms with E-state index in [-0.39, 0.29) is 6.61 Å². The zero-order chi connectivity index (χ0) is 12.6. The molecule has 0 aromatic rings. The maximum absolute atomic E-state index is 10.8. The van der Waals surface area contributed by atoms with Crippen LogP contribution >= 0.6 is 0 Å². The molecule has 94 valence electrons. The number of aliphatic hydroxyl groups is 1. The quantitative estimate of drug-likeness (QED) is 0.619. The predicted octanol–water partition coefficient (Wildman–Crippen LogP) is 1.50. The van der Waals surface area contributed by atoms with Crippen LogP contribution in [0, 0.1) is 0 Å². The van der Waals surface area contributed by atoms with Gasteiger partial charge in [0, 0.05) is 18.7 Å². The molecule has 0 radical (unpaired) electrons. The van der Waals surface area contributed by atoms with Crippen LogP contribution in [-0.4, -0.2) is 47.3 Å². The van der Waals surface area contributed by atoms with Gasteiger partial charge in [-0.15, -0.1) is 0 Å². The number of hydrogen-bond acceptors (Lipinski definition) is 3. The summed E-state index contributed by atoms with van der Waals surface area (Å²) >= 11 is 0. The van der Waals surface area contributed by atoms with Crippen LogP contribution < -0.4 is 0 Å². The van der Waals surface area contributed by atoms with Gasteiger partial charge < -0.3 is 15.1 Å². The normalized spacial score (nSPS) is 12.8. The number of aliphatic carboxylic acids is 1. The molecule has 4 heteroatoms. The largest absolute Gasteiger partial charge is 0.478 e. The zero-order valence-corrected chi connectivity index (χ0v) is 10.5.